The highest BCUT2D eigenvalue weighted by atomic mass is 19.1. The Morgan fingerprint density at radius 1 is 1.43 bits per heavy atom. The summed E-state index contributed by atoms with van der Waals surface area (Å²) in [5, 5.41) is 8.59. The Balaban J connectivity index is 2.97. The van der Waals surface area contributed by atoms with Gasteiger partial charge in [0, 0.05) is 19.7 Å². The van der Waals surface area contributed by atoms with E-state index in [-0.39, 0.29) is 5.56 Å². The van der Waals surface area contributed by atoms with Gasteiger partial charge in [0.1, 0.15) is 5.82 Å². The molecule has 1 unspecified atom stereocenters. The van der Waals surface area contributed by atoms with Crippen molar-refractivity contribution in [1.82, 2.24) is 4.90 Å². The summed E-state index contributed by atoms with van der Waals surface area (Å²) in [6.45, 7) is 4.59. The smallest absolute Gasteiger partial charge is 0.328 e. The molecule has 114 valence electrons. The van der Waals surface area contributed by atoms with Crippen molar-refractivity contribution in [2.45, 2.75) is 20.3 Å². The van der Waals surface area contributed by atoms with Gasteiger partial charge < -0.3 is 10.0 Å². The number of rotatable bonds is 6. The Morgan fingerprint density at radius 2 is 2.10 bits per heavy atom. The molecule has 1 amide bonds. The minimum atomic E-state index is -1.10. The third-order valence-corrected chi connectivity index (χ3v) is 3.27. The average molecular weight is 293 g/mol. The number of halogens is 1. The summed E-state index contributed by atoms with van der Waals surface area (Å²) in [6.07, 6.45) is 3.21. The highest BCUT2D eigenvalue weighted by molar-refractivity contribution is 5.95. The van der Waals surface area contributed by atoms with Crippen molar-refractivity contribution in [3.05, 3.63) is 41.2 Å². The van der Waals surface area contributed by atoms with Crippen LogP contribution < -0.4 is 0 Å². The molecule has 0 aliphatic heterocycles. The van der Waals surface area contributed by atoms with Crippen LogP contribution in [-0.4, -0.2) is 35.5 Å². The van der Waals surface area contributed by atoms with Crippen molar-refractivity contribution in [2.75, 3.05) is 13.6 Å². The number of aliphatic carboxylic acids is 1. The quantitative estimate of drug-likeness (QED) is 0.820. The lowest BCUT2D eigenvalue weighted by Crippen LogP contribution is -2.31. The van der Waals surface area contributed by atoms with E-state index >= 15 is 0 Å². The fraction of sp³-hybridized carbons (Fsp3) is 0.375. The SMILES string of the molecule is CCC(C)CN(C)C(=O)c1cc(C=CC(=O)O)ccc1F. The number of carbonyl (C=O) groups excluding carboxylic acids is 1. The number of carboxylic acids is 1. The molecule has 1 N–H and O–H groups in total. The molecule has 0 aliphatic carbocycles. The van der Waals surface area contributed by atoms with Gasteiger partial charge in [0.15, 0.2) is 0 Å². The summed E-state index contributed by atoms with van der Waals surface area (Å²) < 4.78 is 13.8. The number of amides is 1. The number of hydrogen-bond donors (Lipinski definition) is 1. The van der Waals surface area contributed by atoms with Crippen LogP contribution in [0.15, 0.2) is 24.3 Å². The Morgan fingerprint density at radius 3 is 2.67 bits per heavy atom. The molecule has 4 nitrogen and oxygen atoms in total. The van der Waals surface area contributed by atoms with Crippen LogP contribution in [0.2, 0.25) is 0 Å². The maximum Gasteiger partial charge on any atom is 0.328 e. The Bertz CT molecular complexity index is 554. The monoisotopic (exact) mass is 293 g/mol. The lowest BCUT2D eigenvalue weighted by molar-refractivity contribution is -0.131. The topological polar surface area (TPSA) is 57.6 Å². The standard InChI is InChI=1S/C16H20FNO3/c1-4-11(2)10-18(3)16(21)13-9-12(5-7-14(13)17)6-8-15(19)20/h5-9,11H,4,10H2,1-3H3,(H,19,20). The van der Waals surface area contributed by atoms with Gasteiger partial charge in [-0.2, -0.15) is 0 Å². The van der Waals surface area contributed by atoms with Crippen LogP contribution in [-0.2, 0) is 4.79 Å². The van der Waals surface area contributed by atoms with Gasteiger partial charge in [-0.05, 0) is 29.7 Å². The summed E-state index contributed by atoms with van der Waals surface area (Å²) in [5.74, 6) is -1.78. The second kappa shape index (κ2) is 7.57. The van der Waals surface area contributed by atoms with Gasteiger partial charge in [0.05, 0.1) is 5.56 Å². The molecule has 1 rings (SSSR count). The molecule has 0 saturated carbocycles. The zero-order valence-corrected chi connectivity index (χ0v) is 12.5. The van der Waals surface area contributed by atoms with Crippen molar-refractivity contribution in [3.63, 3.8) is 0 Å². The maximum atomic E-state index is 13.8. The molecule has 0 spiro atoms. The second-order valence-electron chi connectivity index (χ2n) is 5.11. The molecule has 0 aliphatic rings. The second-order valence-corrected chi connectivity index (χ2v) is 5.11. The summed E-state index contributed by atoms with van der Waals surface area (Å²) >= 11 is 0. The molecule has 0 fully saturated rings. The van der Waals surface area contributed by atoms with E-state index in [0.29, 0.717) is 18.0 Å². The third-order valence-electron chi connectivity index (χ3n) is 3.27. The molecular weight excluding hydrogens is 273 g/mol. The van der Waals surface area contributed by atoms with Gasteiger partial charge in [-0.1, -0.05) is 26.3 Å². The molecule has 0 aromatic heterocycles. The van der Waals surface area contributed by atoms with Crippen LogP contribution in [0.1, 0.15) is 36.2 Å². The zero-order valence-electron chi connectivity index (χ0n) is 12.5. The molecule has 0 heterocycles. The molecule has 0 bridgehead atoms. The predicted octanol–water partition coefficient (Wildman–Crippen LogP) is 3.04. The first-order valence-corrected chi connectivity index (χ1v) is 6.81. The van der Waals surface area contributed by atoms with E-state index in [4.69, 9.17) is 5.11 Å². The van der Waals surface area contributed by atoms with E-state index in [1.807, 2.05) is 13.8 Å². The Labute approximate surface area is 123 Å². The summed E-state index contributed by atoms with van der Waals surface area (Å²) in [4.78, 5) is 24.2. The minimum Gasteiger partial charge on any atom is -0.478 e. The molecule has 5 heteroatoms. The molecular formula is C16H20FNO3. The van der Waals surface area contributed by atoms with E-state index in [9.17, 15) is 14.0 Å². The first-order chi connectivity index (χ1) is 9.85. The van der Waals surface area contributed by atoms with E-state index in [2.05, 4.69) is 0 Å². The fourth-order valence-electron chi connectivity index (χ4n) is 1.86. The van der Waals surface area contributed by atoms with Crippen LogP contribution in [0.25, 0.3) is 6.08 Å². The molecule has 1 atom stereocenters. The van der Waals surface area contributed by atoms with Gasteiger partial charge in [0.2, 0.25) is 0 Å². The summed E-state index contributed by atoms with van der Waals surface area (Å²) in [7, 11) is 1.63. The number of hydrogen-bond acceptors (Lipinski definition) is 2. The lowest BCUT2D eigenvalue weighted by Gasteiger charge is -2.21. The normalized spacial score (nSPS) is 12.4. The molecule has 1 aromatic rings. The van der Waals surface area contributed by atoms with Crippen molar-refractivity contribution < 1.29 is 19.1 Å². The van der Waals surface area contributed by atoms with Crippen LogP contribution in [0.5, 0.6) is 0 Å². The van der Waals surface area contributed by atoms with Crippen molar-refractivity contribution >= 4 is 18.0 Å². The summed E-state index contributed by atoms with van der Waals surface area (Å²) in [5.41, 5.74) is 0.424. The largest absolute Gasteiger partial charge is 0.478 e. The predicted molar refractivity (Wildman–Crippen MR) is 79.5 cm³/mol. The van der Waals surface area contributed by atoms with Gasteiger partial charge in [-0.25, -0.2) is 9.18 Å². The van der Waals surface area contributed by atoms with E-state index in [1.54, 1.807) is 7.05 Å². The average Bonchev–Trinajstić information content (AvgIpc) is 2.45. The Hall–Kier alpha value is -2.17. The fourth-order valence-corrected chi connectivity index (χ4v) is 1.86. The third kappa shape index (κ3) is 5.02. The Kier molecular flexibility index (Phi) is 6.09. The van der Waals surface area contributed by atoms with Crippen molar-refractivity contribution in [2.24, 2.45) is 5.92 Å². The first kappa shape index (κ1) is 16.9. The molecule has 0 saturated heterocycles. The molecule has 1 aromatic carbocycles. The van der Waals surface area contributed by atoms with Crippen LogP contribution >= 0.6 is 0 Å². The van der Waals surface area contributed by atoms with Crippen LogP contribution in [0.3, 0.4) is 0 Å². The van der Waals surface area contributed by atoms with Gasteiger partial charge >= 0.3 is 5.97 Å². The van der Waals surface area contributed by atoms with Crippen molar-refractivity contribution in [1.29, 1.82) is 0 Å². The van der Waals surface area contributed by atoms with E-state index in [1.165, 1.54) is 29.2 Å². The number of carbonyl (C=O) groups is 2. The minimum absolute atomic E-state index is 0.0478. The van der Waals surface area contributed by atoms with Gasteiger partial charge in [-0.3, -0.25) is 4.79 Å². The summed E-state index contributed by atoms with van der Waals surface area (Å²) in [6, 6.07) is 3.97. The molecule has 0 radical (unpaired) electrons. The van der Waals surface area contributed by atoms with Crippen molar-refractivity contribution in [3.8, 4) is 0 Å². The van der Waals surface area contributed by atoms with Gasteiger partial charge in [-0.15, -0.1) is 0 Å². The highest BCUT2D eigenvalue weighted by Crippen LogP contribution is 2.15. The molecule has 21 heavy (non-hydrogen) atoms. The van der Waals surface area contributed by atoms with Crippen LogP contribution in [0, 0.1) is 11.7 Å². The van der Waals surface area contributed by atoms with E-state index < -0.39 is 17.7 Å². The number of benzene rings is 1. The first-order valence-electron chi connectivity index (χ1n) is 6.81. The zero-order chi connectivity index (χ0) is 16.0. The highest BCUT2D eigenvalue weighted by Gasteiger charge is 2.17. The van der Waals surface area contributed by atoms with E-state index in [0.717, 1.165) is 12.5 Å². The maximum absolute atomic E-state index is 13.8. The van der Waals surface area contributed by atoms with Crippen LogP contribution in [0.4, 0.5) is 4.39 Å². The number of carboxylic acid groups (broad SMARTS) is 1. The lowest BCUT2D eigenvalue weighted by atomic mass is 10.1. The van der Waals surface area contributed by atoms with Gasteiger partial charge in [0.25, 0.3) is 5.91 Å². The number of nitrogens with zero attached hydrogens (tertiary/aromatic N) is 1.